The fraction of sp³-hybridized carbons (Fsp3) is 0.700. The number of allylic oxidation sites excluding steroid dienone is 5. The molecule has 0 aromatic heterocycles. The van der Waals surface area contributed by atoms with Crippen molar-refractivity contribution < 1.29 is 5.11 Å². The molecule has 1 saturated carbocycles. The van der Waals surface area contributed by atoms with E-state index in [0.717, 1.165) is 6.42 Å². The maximum atomic E-state index is 10.7. The van der Waals surface area contributed by atoms with Gasteiger partial charge in [-0.3, -0.25) is 0 Å². The summed E-state index contributed by atoms with van der Waals surface area (Å²) in [5.41, 5.74) is 4.40. The molecule has 1 N–H and O–H groups in total. The lowest BCUT2D eigenvalue weighted by Gasteiger charge is -2.19. The summed E-state index contributed by atoms with van der Waals surface area (Å²) in [6.45, 7) is 11.0. The molecule has 118 valence electrons. The molecular weight excluding hydrogens is 256 g/mol. The Kier molecular flexibility index (Phi) is 5.14. The minimum Gasteiger partial charge on any atom is -0.392 e. The summed E-state index contributed by atoms with van der Waals surface area (Å²) < 4.78 is 0. The molecular formula is C20H32O. The van der Waals surface area contributed by atoms with Crippen molar-refractivity contribution in [1.29, 1.82) is 0 Å². The van der Waals surface area contributed by atoms with Gasteiger partial charge in [-0.1, -0.05) is 41.9 Å². The standard InChI is InChI=1S/C20H32O/c1-14(2)9-12-19(21)20(5)17-11-10-15(3)7-6-8-16(4)13-18(17)20/h7,9,13,17-19,21H,6,8,10-12H2,1-5H3/b15-7?,16-13+/t17-,18+,19?,20+/m0/s1. The van der Waals surface area contributed by atoms with E-state index in [-0.39, 0.29) is 11.5 Å². The lowest BCUT2D eigenvalue weighted by atomic mass is 9.92. The van der Waals surface area contributed by atoms with Crippen LogP contribution in [0.3, 0.4) is 0 Å². The molecule has 0 heterocycles. The number of hydrogen-bond donors (Lipinski definition) is 1. The molecule has 0 spiro atoms. The maximum Gasteiger partial charge on any atom is 0.0636 e. The van der Waals surface area contributed by atoms with Crippen molar-refractivity contribution in [3.8, 4) is 0 Å². The van der Waals surface area contributed by atoms with Crippen LogP contribution in [0, 0.1) is 17.3 Å². The van der Waals surface area contributed by atoms with Crippen LogP contribution in [0.15, 0.2) is 34.9 Å². The van der Waals surface area contributed by atoms with E-state index in [1.165, 1.54) is 42.4 Å². The van der Waals surface area contributed by atoms with Crippen molar-refractivity contribution in [2.24, 2.45) is 17.3 Å². The fourth-order valence-electron chi connectivity index (χ4n) is 3.94. The third kappa shape index (κ3) is 3.69. The summed E-state index contributed by atoms with van der Waals surface area (Å²) in [6.07, 6.45) is 12.4. The molecule has 2 rings (SSSR count). The van der Waals surface area contributed by atoms with E-state index in [1.807, 2.05) is 0 Å². The molecule has 2 aliphatic carbocycles. The summed E-state index contributed by atoms with van der Waals surface area (Å²) in [6, 6.07) is 0. The number of aliphatic hydroxyl groups excluding tert-OH is 1. The molecule has 4 atom stereocenters. The van der Waals surface area contributed by atoms with Crippen LogP contribution < -0.4 is 0 Å². The van der Waals surface area contributed by atoms with Gasteiger partial charge in [-0.2, -0.15) is 0 Å². The molecule has 1 unspecified atom stereocenters. The molecule has 0 amide bonds. The second-order valence-electron chi connectivity index (χ2n) is 7.67. The van der Waals surface area contributed by atoms with Crippen LogP contribution >= 0.6 is 0 Å². The minimum absolute atomic E-state index is 0.0812. The van der Waals surface area contributed by atoms with Crippen molar-refractivity contribution >= 4 is 0 Å². The highest BCUT2D eigenvalue weighted by molar-refractivity contribution is 5.23. The number of fused-ring (bicyclic) bond motifs is 1. The molecule has 1 heteroatoms. The minimum atomic E-state index is -0.212. The van der Waals surface area contributed by atoms with Crippen LogP contribution in [0.4, 0.5) is 0 Å². The van der Waals surface area contributed by atoms with Crippen LogP contribution in [0.2, 0.25) is 0 Å². The molecule has 1 nitrogen and oxygen atoms in total. The summed E-state index contributed by atoms with van der Waals surface area (Å²) in [5, 5.41) is 10.7. The zero-order valence-electron chi connectivity index (χ0n) is 14.4. The van der Waals surface area contributed by atoms with Gasteiger partial charge in [0.2, 0.25) is 0 Å². The SMILES string of the molecule is CC(C)=CCC(O)[C@@]1(C)[C@@H]2/C=C(\C)CCC=C(C)CC[C@@H]21. The van der Waals surface area contributed by atoms with Gasteiger partial charge in [-0.15, -0.1) is 0 Å². The first-order chi connectivity index (χ1) is 9.85. The van der Waals surface area contributed by atoms with Gasteiger partial charge < -0.3 is 5.11 Å². The highest BCUT2D eigenvalue weighted by Crippen LogP contribution is 2.64. The number of rotatable bonds is 3. The number of hydrogen-bond acceptors (Lipinski definition) is 1. The van der Waals surface area contributed by atoms with Crippen LogP contribution in [0.25, 0.3) is 0 Å². The van der Waals surface area contributed by atoms with Crippen LogP contribution in [-0.4, -0.2) is 11.2 Å². The van der Waals surface area contributed by atoms with Crippen molar-refractivity contribution in [3.63, 3.8) is 0 Å². The fourth-order valence-corrected chi connectivity index (χ4v) is 3.94. The lowest BCUT2D eigenvalue weighted by Crippen LogP contribution is -2.21. The zero-order valence-corrected chi connectivity index (χ0v) is 14.4. The van der Waals surface area contributed by atoms with Crippen LogP contribution in [0.1, 0.15) is 66.7 Å². The molecule has 2 aliphatic rings. The molecule has 0 radical (unpaired) electrons. The topological polar surface area (TPSA) is 20.2 Å². The van der Waals surface area contributed by atoms with Gasteiger partial charge in [-0.25, -0.2) is 0 Å². The summed E-state index contributed by atoms with van der Waals surface area (Å²) in [7, 11) is 0. The van der Waals surface area contributed by atoms with E-state index in [1.54, 1.807) is 0 Å². The van der Waals surface area contributed by atoms with E-state index >= 15 is 0 Å². The predicted octanol–water partition coefficient (Wildman–Crippen LogP) is 5.42. The molecule has 21 heavy (non-hydrogen) atoms. The average Bonchev–Trinajstić information content (AvgIpc) is 2.98. The monoisotopic (exact) mass is 288 g/mol. The molecule has 0 aliphatic heterocycles. The van der Waals surface area contributed by atoms with E-state index in [2.05, 4.69) is 52.8 Å². The third-order valence-corrected chi connectivity index (χ3v) is 5.65. The summed E-state index contributed by atoms with van der Waals surface area (Å²) >= 11 is 0. The molecule has 0 aromatic rings. The van der Waals surface area contributed by atoms with Gasteiger partial charge in [0.05, 0.1) is 6.10 Å². The second kappa shape index (κ2) is 6.52. The quantitative estimate of drug-likeness (QED) is 0.687. The lowest BCUT2D eigenvalue weighted by molar-refractivity contribution is 0.0904. The third-order valence-electron chi connectivity index (χ3n) is 5.65. The smallest absolute Gasteiger partial charge is 0.0636 e. The largest absolute Gasteiger partial charge is 0.392 e. The Morgan fingerprint density at radius 3 is 2.71 bits per heavy atom. The normalized spacial score (nSPS) is 36.7. The molecule has 1 fully saturated rings. The maximum absolute atomic E-state index is 10.7. The summed E-state index contributed by atoms with van der Waals surface area (Å²) in [5.74, 6) is 1.22. The van der Waals surface area contributed by atoms with Crippen molar-refractivity contribution in [3.05, 3.63) is 34.9 Å². The van der Waals surface area contributed by atoms with Gasteiger partial charge >= 0.3 is 0 Å². The van der Waals surface area contributed by atoms with E-state index < -0.39 is 0 Å². The molecule has 0 bridgehead atoms. The Balaban J connectivity index is 2.14. The van der Waals surface area contributed by atoms with Crippen molar-refractivity contribution in [2.45, 2.75) is 72.8 Å². The van der Waals surface area contributed by atoms with Crippen molar-refractivity contribution in [2.75, 3.05) is 0 Å². The van der Waals surface area contributed by atoms with Crippen LogP contribution in [0.5, 0.6) is 0 Å². The average molecular weight is 288 g/mol. The predicted molar refractivity (Wildman–Crippen MR) is 91.1 cm³/mol. The summed E-state index contributed by atoms with van der Waals surface area (Å²) in [4.78, 5) is 0. The van der Waals surface area contributed by atoms with Gasteiger partial charge in [0.25, 0.3) is 0 Å². The number of aliphatic hydroxyl groups is 1. The van der Waals surface area contributed by atoms with Gasteiger partial charge in [0.1, 0.15) is 0 Å². The second-order valence-corrected chi connectivity index (χ2v) is 7.67. The van der Waals surface area contributed by atoms with E-state index in [4.69, 9.17) is 0 Å². The highest BCUT2D eigenvalue weighted by atomic mass is 16.3. The van der Waals surface area contributed by atoms with E-state index in [9.17, 15) is 5.11 Å². The first-order valence-corrected chi connectivity index (χ1v) is 8.50. The van der Waals surface area contributed by atoms with Crippen LogP contribution in [-0.2, 0) is 0 Å². The van der Waals surface area contributed by atoms with Gasteiger partial charge in [-0.05, 0) is 71.6 Å². The Morgan fingerprint density at radius 1 is 1.33 bits per heavy atom. The molecule has 0 aromatic carbocycles. The van der Waals surface area contributed by atoms with Gasteiger partial charge in [0.15, 0.2) is 0 Å². The first kappa shape index (κ1) is 16.5. The highest BCUT2D eigenvalue weighted by Gasteiger charge is 2.62. The van der Waals surface area contributed by atoms with Crippen molar-refractivity contribution in [1.82, 2.24) is 0 Å². The Bertz CT molecular complexity index is 464. The van der Waals surface area contributed by atoms with Gasteiger partial charge in [0, 0.05) is 5.41 Å². The van der Waals surface area contributed by atoms with E-state index in [0.29, 0.717) is 11.8 Å². The Hall–Kier alpha value is -0.820. The zero-order chi connectivity index (χ0) is 15.6. The Morgan fingerprint density at radius 2 is 2.05 bits per heavy atom. The molecule has 0 saturated heterocycles. The first-order valence-electron chi connectivity index (χ1n) is 8.50. The Labute approximate surface area is 130 Å².